The van der Waals surface area contributed by atoms with Gasteiger partial charge in [-0.1, -0.05) is 82.8 Å². The molecule has 1 unspecified atom stereocenters. The van der Waals surface area contributed by atoms with Crippen LogP contribution in [0.25, 0.3) is 0 Å². The molecule has 0 spiro atoms. The first-order valence-electron chi connectivity index (χ1n) is 9.25. The van der Waals surface area contributed by atoms with Crippen LogP contribution >= 0.6 is 46.4 Å². The maximum atomic E-state index is 13.4. The van der Waals surface area contributed by atoms with Gasteiger partial charge >= 0.3 is 0 Å². The van der Waals surface area contributed by atoms with Gasteiger partial charge in [-0.2, -0.15) is 5.10 Å². The predicted molar refractivity (Wildman–Crippen MR) is 124 cm³/mol. The Bertz CT molecular complexity index is 1110. The second-order valence-corrected chi connectivity index (χ2v) is 8.63. The predicted octanol–water partition coefficient (Wildman–Crippen LogP) is 7.22. The lowest BCUT2D eigenvalue weighted by Crippen LogP contribution is -2.37. The van der Waals surface area contributed by atoms with Crippen LogP contribution in [0.4, 0.5) is 0 Å². The summed E-state index contributed by atoms with van der Waals surface area (Å²) in [5, 5.41) is 8.22. The van der Waals surface area contributed by atoms with Crippen LogP contribution in [0.1, 0.15) is 29.0 Å². The third kappa shape index (κ3) is 4.50. The number of hydrogen-bond acceptors (Lipinski definition) is 2. The van der Waals surface area contributed by atoms with Crippen LogP contribution in [0.2, 0.25) is 20.1 Å². The van der Waals surface area contributed by atoms with Gasteiger partial charge in [-0.05, 0) is 47.0 Å². The van der Waals surface area contributed by atoms with Gasteiger partial charge in [-0.25, -0.2) is 5.01 Å². The number of hydrogen-bond donors (Lipinski definition) is 0. The summed E-state index contributed by atoms with van der Waals surface area (Å²) in [6.45, 7) is 0.321. The quantitative estimate of drug-likeness (QED) is 0.390. The zero-order valence-corrected chi connectivity index (χ0v) is 18.7. The van der Waals surface area contributed by atoms with Gasteiger partial charge in [0, 0.05) is 16.5 Å². The van der Waals surface area contributed by atoms with E-state index < -0.39 is 5.92 Å². The Hall–Kier alpha value is -2.04. The minimum absolute atomic E-state index is 0.133. The summed E-state index contributed by atoms with van der Waals surface area (Å²) < 4.78 is 0. The van der Waals surface area contributed by atoms with Gasteiger partial charge in [-0.3, -0.25) is 4.79 Å². The molecule has 1 aliphatic rings. The van der Waals surface area contributed by atoms with Crippen molar-refractivity contribution in [2.75, 3.05) is 0 Å². The Morgan fingerprint density at radius 3 is 2.17 bits per heavy atom. The third-order valence-electron chi connectivity index (χ3n) is 4.97. The molecule has 0 aromatic heterocycles. The summed E-state index contributed by atoms with van der Waals surface area (Å²) in [5.41, 5.74) is 3.29. The van der Waals surface area contributed by atoms with Crippen LogP contribution < -0.4 is 0 Å². The Balaban J connectivity index is 1.75. The van der Waals surface area contributed by atoms with E-state index in [1.807, 2.05) is 30.3 Å². The minimum atomic E-state index is -0.494. The molecule has 1 amide bonds. The molecular weight excluding hydrogens is 462 g/mol. The first-order chi connectivity index (χ1) is 14.4. The number of amides is 1. The number of halogens is 4. The molecular formula is C23H16Cl4N2O. The van der Waals surface area contributed by atoms with Gasteiger partial charge in [0.2, 0.25) is 0 Å². The van der Waals surface area contributed by atoms with Crippen LogP contribution in [0.15, 0.2) is 71.8 Å². The van der Waals surface area contributed by atoms with Gasteiger partial charge in [0.1, 0.15) is 0 Å². The summed E-state index contributed by atoms with van der Waals surface area (Å²) in [5.74, 6) is -0.626. The average Bonchev–Trinajstić information content (AvgIpc) is 2.74. The van der Waals surface area contributed by atoms with Crippen molar-refractivity contribution in [1.29, 1.82) is 0 Å². The number of hydrazone groups is 1. The molecule has 30 heavy (non-hydrogen) atoms. The number of carbonyl (C=O) groups excluding carboxylic acids is 1. The third-order valence-corrected chi connectivity index (χ3v) is 6.31. The van der Waals surface area contributed by atoms with E-state index >= 15 is 0 Å². The molecule has 3 nitrogen and oxygen atoms in total. The highest BCUT2D eigenvalue weighted by Crippen LogP contribution is 2.37. The number of nitrogens with zero attached hydrogens (tertiary/aromatic N) is 2. The summed E-state index contributed by atoms with van der Waals surface area (Å²) in [6, 6.07) is 20.1. The van der Waals surface area contributed by atoms with Gasteiger partial charge in [-0.15, -0.1) is 0 Å². The average molecular weight is 478 g/mol. The Labute approximate surface area is 194 Å². The first-order valence-corrected chi connectivity index (χ1v) is 10.8. The largest absolute Gasteiger partial charge is 0.272 e. The molecule has 0 radical (unpaired) electrons. The van der Waals surface area contributed by atoms with Gasteiger partial charge in [0.05, 0.1) is 28.2 Å². The van der Waals surface area contributed by atoms with Crippen LogP contribution in [0.3, 0.4) is 0 Å². The molecule has 0 saturated carbocycles. The van der Waals surface area contributed by atoms with Crippen molar-refractivity contribution in [3.05, 3.63) is 104 Å². The molecule has 0 saturated heterocycles. The number of rotatable bonds is 4. The van der Waals surface area contributed by atoms with E-state index in [2.05, 4.69) is 5.10 Å². The van der Waals surface area contributed by atoms with E-state index in [9.17, 15) is 4.79 Å². The minimum Gasteiger partial charge on any atom is -0.272 e. The highest BCUT2D eigenvalue weighted by molar-refractivity contribution is 6.42. The number of benzene rings is 3. The van der Waals surface area contributed by atoms with Crippen molar-refractivity contribution in [3.63, 3.8) is 0 Å². The maximum absolute atomic E-state index is 13.4. The fourth-order valence-corrected chi connectivity index (χ4v) is 4.11. The second-order valence-electron chi connectivity index (χ2n) is 6.98. The van der Waals surface area contributed by atoms with Gasteiger partial charge < -0.3 is 0 Å². The lowest BCUT2D eigenvalue weighted by atomic mass is 9.88. The highest BCUT2D eigenvalue weighted by Gasteiger charge is 2.34. The Morgan fingerprint density at radius 1 is 0.867 bits per heavy atom. The van der Waals surface area contributed by atoms with Crippen molar-refractivity contribution in [2.24, 2.45) is 5.10 Å². The molecule has 152 valence electrons. The topological polar surface area (TPSA) is 32.7 Å². The molecule has 3 aromatic rings. The molecule has 0 aliphatic carbocycles. The zero-order valence-electron chi connectivity index (χ0n) is 15.7. The molecule has 1 atom stereocenters. The van der Waals surface area contributed by atoms with Crippen LogP contribution in [0, 0.1) is 0 Å². The lowest BCUT2D eigenvalue weighted by Gasteiger charge is -2.30. The van der Waals surface area contributed by atoms with E-state index in [1.54, 1.807) is 36.4 Å². The fraction of sp³-hybridized carbons (Fsp3) is 0.130. The van der Waals surface area contributed by atoms with E-state index in [-0.39, 0.29) is 5.91 Å². The second kappa shape index (κ2) is 8.99. The summed E-state index contributed by atoms with van der Waals surface area (Å²) >= 11 is 24.7. The lowest BCUT2D eigenvalue weighted by molar-refractivity contribution is -0.134. The summed E-state index contributed by atoms with van der Waals surface area (Å²) in [6.07, 6.45) is 0.414. The van der Waals surface area contributed by atoms with E-state index in [1.165, 1.54) is 5.01 Å². The Kier molecular flexibility index (Phi) is 6.35. The highest BCUT2D eigenvalue weighted by atomic mass is 35.5. The van der Waals surface area contributed by atoms with Crippen molar-refractivity contribution in [3.8, 4) is 0 Å². The standard InChI is InChI=1S/C23H16Cl4N2O/c24-16-8-4-14(5-9-16)13-29-23(30)19(18-2-1-3-20(26)22(18)27)12-21(28-29)15-6-10-17(25)11-7-15/h1-11,19H,12-13H2. The summed E-state index contributed by atoms with van der Waals surface area (Å²) in [7, 11) is 0. The molecule has 0 fully saturated rings. The van der Waals surface area contributed by atoms with E-state index in [4.69, 9.17) is 46.4 Å². The molecule has 4 rings (SSSR count). The fourth-order valence-electron chi connectivity index (χ4n) is 3.42. The van der Waals surface area contributed by atoms with Gasteiger partial charge in [0.25, 0.3) is 5.91 Å². The van der Waals surface area contributed by atoms with Crippen molar-refractivity contribution in [2.45, 2.75) is 18.9 Å². The van der Waals surface area contributed by atoms with Crippen molar-refractivity contribution < 1.29 is 4.79 Å². The maximum Gasteiger partial charge on any atom is 0.250 e. The van der Waals surface area contributed by atoms with Crippen molar-refractivity contribution >= 4 is 58.0 Å². The van der Waals surface area contributed by atoms with Crippen LogP contribution in [0.5, 0.6) is 0 Å². The van der Waals surface area contributed by atoms with Crippen molar-refractivity contribution in [1.82, 2.24) is 5.01 Å². The van der Waals surface area contributed by atoms with Crippen LogP contribution in [-0.4, -0.2) is 16.6 Å². The SMILES string of the molecule is O=C1C(c2cccc(Cl)c2Cl)CC(c2ccc(Cl)cc2)=NN1Cc1ccc(Cl)cc1. The summed E-state index contributed by atoms with van der Waals surface area (Å²) in [4.78, 5) is 13.4. The first kappa shape index (κ1) is 21.2. The molecule has 7 heteroatoms. The smallest absolute Gasteiger partial charge is 0.250 e. The monoisotopic (exact) mass is 476 g/mol. The molecule has 3 aromatic carbocycles. The molecule has 0 N–H and O–H groups in total. The molecule has 1 aliphatic heterocycles. The zero-order chi connectivity index (χ0) is 21.3. The molecule has 1 heterocycles. The van der Waals surface area contributed by atoms with Crippen LogP contribution in [-0.2, 0) is 11.3 Å². The van der Waals surface area contributed by atoms with E-state index in [0.717, 1.165) is 16.8 Å². The Morgan fingerprint density at radius 2 is 1.50 bits per heavy atom. The van der Waals surface area contributed by atoms with Gasteiger partial charge in [0.15, 0.2) is 0 Å². The number of carbonyl (C=O) groups is 1. The van der Waals surface area contributed by atoms with E-state index in [0.29, 0.717) is 38.6 Å². The normalized spacial score (nSPS) is 16.5. The molecule has 0 bridgehead atoms.